The maximum absolute atomic E-state index is 6.29. The Balaban J connectivity index is 2.26. The molecule has 0 nitrogen and oxygen atoms in total. The molecule has 0 aliphatic carbocycles. The van der Waals surface area contributed by atoms with Gasteiger partial charge in [-0.25, -0.2) is 0 Å². The lowest BCUT2D eigenvalue weighted by Crippen LogP contribution is -1.91. The van der Waals surface area contributed by atoms with E-state index in [1.807, 2.05) is 12.2 Å². The third-order valence-electron chi connectivity index (χ3n) is 3.72. The van der Waals surface area contributed by atoms with Crippen LogP contribution in [0.4, 0.5) is 0 Å². The smallest absolute Gasteiger partial charge is 0.156 e. The van der Waals surface area contributed by atoms with Crippen LogP contribution in [0.2, 0.25) is 0 Å². The summed E-state index contributed by atoms with van der Waals surface area (Å²) in [6.45, 7) is 9.69. The van der Waals surface area contributed by atoms with E-state index >= 15 is 0 Å². The lowest BCUT2D eigenvalue weighted by Gasteiger charge is -2.06. The average Bonchev–Trinajstić information content (AvgIpc) is 2.60. The first-order chi connectivity index (χ1) is 11.2. The van der Waals surface area contributed by atoms with E-state index in [1.165, 1.54) is 21.9 Å². The Morgan fingerprint density at radius 2 is 1.17 bits per heavy atom. The Morgan fingerprint density at radius 3 is 1.57 bits per heavy atom. The molecule has 0 fully saturated rings. The van der Waals surface area contributed by atoms with Gasteiger partial charge in [-0.1, -0.05) is 91.6 Å². The van der Waals surface area contributed by atoms with Crippen LogP contribution in [0, 0.1) is 0 Å². The molecule has 0 spiro atoms. The molecule has 2 aromatic carbocycles. The van der Waals surface area contributed by atoms with Crippen LogP contribution in [0.3, 0.4) is 0 Å². The SMILES string of the molecule is C=Cc1ccc(C=C(C)C(=Cc2ccc(C=C)cc2)[SiH2]Cl)cc1. The van der Waals surface area contributed by atoms with E-state index in [0.29, 0.717) is 0 Å². The minimum atomic E-state index is -0.778. The maximum atomic E-state index is 6.29. The number of hydrogen-bond acceptors (Lipinski definition) is 0. The van der Waals surface area contributed by atoms with E-state index < -0.39 is 8.83 Å². The van der Waals surface area contributed by atoms with Gasteiger partial charge < -0.3 is 0 Å². The first kappa shape index (κ1) is 17.3. The van der Waals surface area contributed by atoms with E-state index in [0.717, 1.165) is 11.1 Å². The van der Waals surface area contributed by atoms with Crippen molar-refractivity contribution in [1.82, 2.24) is 0 Å². The fourth-order valence-corrected chi connectivity index (χ4v) is 3.75. The second kappa shape index (κ2) is 8.52. The van der Waals surface area contributed by atoms with Crippen molar-refractivity contribution in [2.24, 2.45) is 0 Å². The van der Waals surface area contributed by atoms with Crippen molar-refractivity contribution >= 4 is 44.2 Å². The third-order valence-corrected chi connectivity index (χ3v) is 5.63. The van der Waals surface area contributed by atoms with Gasteiger partial charge in [-0.15, -0.1) is 0 Å². The van der Waals surface area contributed by atoms with Crippen molar-refractivity contribution in [1.29, 1.82) is 0 Å². The predicted octanol–water partition coefficient (Wildman–Crippen LogP) is 5.74. The number of hydrogen-bond donors (Lipinski definition) is 0. The number of benzene rings is 2. The summed E-state index contributed by atoms with van der Waals surface area (Å²) in [5.41, 5.74) is 5.84. The molecule has 23 heavy (non-hydrogen) atoms. The second-order valence-corrected chi connectivity index (χ2v) is 7.20. The summed E-state index contributed by atoms with van der Waals surface area (Å²) in [6, 6.07) is 16.7. The van der Waals surface area contributed by atoms with Crippen LogP contribution in [-0.4, -0.2) is 8.83 Å². The number of allylic oxidation sites excluding steroid dienone is 2. The van der Waals surface area contributed by atoms with Crippen LogP contribution in [0.15, 0.2) is 72.5 Å². The van der Waals surface area contributed by atoms with Crippen LogP contribution in [0.1, 0.15) is 29.2 Å². The maximum Gasteiger partial charge on any atom is 0.156 e. The fourth-order valence-electron chi connectivity index (χ4n) is 2.26. The van der Waals surface area contributed by atoms with Crippen molar-refractivity contribution in [3.63, 3.8) is 0 Å². The van der Waals surface area contributed by atoms with Crippen LogP contribution in [0.25, 0.3) is 24.3 Å². The van der Waals surface area contributed by atoms with Crippen LogP contribution in [-0.2, 0) is 0 Å². The van der Waals surface area contributed by atoms with Gasteiger partial charge in [0.2, 0.25) is 0 Å². The largest absolute Gasteiger partial charge is 0.170 e. The molecule has 0 N–H and O–H groups in total. The highest BCUT2D eigenvalue weighted by Crippen LogP contribution is 2.19. The molecule has 2 heteroatoms. The van der Waals surface area contributed by atoms with Crippen LogP contribution < -0.4 is 0 Å². The topological polar surface area (TPSA) is 0 Å². The van der Waals surface area contributed by atoms with Gasteiger partial charge in [-0.2, -0.15) is 11.1 Å². The molecule has 0 aromatic heterocycles. The van der Waals surface area contributed by atoms with Gasteiger partial charge in [0.05, 0.1) is 0 Å². The molecule has 2 rings (SSSR count). The summed E-state index contributed by atoms with van der Waals surface area (Å²) in [7, 11) is -0.778. The molecular formula is C21H21ClSi. The van der Waals surface area contributed by atoms with Gasteiger partial charge >= 0.3 is 0 Å². The Kier molecular flexibility index (Phi) is 6.39. The molecule has 2 aromatic rings. The first-order valence-corrected chi connectivity index (χ1v) is 10.4. The highest BCUT2D eigenvalue weighted by molar-refractivity contribution is 6.98. The van der Waals surface area contributed by atoms with E-state index in [-0.39, 0.29) is 0 Å². The van der Waals surface area contributed by atoms with E-state index in [1.54, 1.807) is 0 Å². The monoisotopic (exact) mass is 336 g/mol. The Morgan fingerprint density at radius 1 is 0.783 bits per heavy atom. The van der Waals surface area contributed by atoms with Gasteiger partial charge in [0.1, 0.15) is 0 Å². The zero-order valence-corrected chi connectivity index (χ0v) is 15.6. The van der Waals surface area contributed by atoms with Crippen LogP contribution in [0.5, 0.6) is 0 Å². The van der Waals surface area contributed by atoms with Gasteiger partial charge in [0, 0.05) is 0 Å². The quantitative estimate of drug-likeness (QED) is 0.358. The second-order valence-electron chi connectivity index (χ2n) is 5.37. The zero-order valence-electron chi connectivity index (χ0n) is 13.4. The molecule has 0 saturated carbocycles. The van der Waals surface area contributed by atoms with E-state index in [2.05, 4.69) is 80.8 Å². The highest BCUT2D eigenvalue weighted by atomic mass is 35.6. The van der Waals surface area contributed by atoms with Gasteiger partial charge in [-0.3, -0.25) is 0 Å². The van der Waals surface area contributed by atoms with Crippen molar-refractivity contribution in [3.05, 3.63) is 94.7 Å². The van der Waals surface area contributed by atoms with E-state index in [4.69, 9.17) is 11.1 Å². The molecule has 0 aliphatic rings. The predicted molar refractivity (Wildman–Crippen MR) is 109 cm³/mol. The standard InChI is InChI=1S/C21H21ClSi/c1-4-17-6-10-19(11-7-17)14-16(3)21(23-22)15-20-12-8-18(5-2)9-13-20/h4-15H,1-2,23H2,3H3. The van der Waals surface area contributed by atoms with Crippen molar-refractivity contribution in [2.45, 2.75) is 6.92 Å². The first-order valence-electron chi connectivity index (χ1n) is 7.56. The lowest BCUT2D eigenvalue weighted by molar-refractivity contribution is 1.51. The van der Waals surface area contributed by atoms with Crippen molar-refractivity contribution < 1.29 is 0 Å². The average molecular weight is 337 g/mol. The molecule has 0 aliphatic heterocycles. The Hall–Kier alpha value is -2.09. The molecule has 116 valence electrons. The summed E-state index contributed by atoms with van der Waals surface area (Å²) in [5, 5.41) is 1.26. The molecule has 0 bridgehead atoms. The Bertz CT molecular complexity index is 734. The number of halogens is 1. The molecule has 0 heterocycles. The fraction of sp³-hybridized carbons (Fsp3) is 0.0476. The molecular weight excluding hydrogens is 316 g/mol. The highest BCUT2D eigenvalue weighted by Gasteiger charge is 2.01. The summed E-state index contributed by atoms with van der Waals surface area (Å²) in [6.07, 6.45) is 8.08. The normalized spacial score (nSPS) is 12.6. The molecule has 0 amide bonds. The van der Waals surface area contributed by atoms with Crippen LogP contribution >= 0.6 is 11.1 Å². The molecule has 0 radical (unpaired) electrons. The van der Waals surface area contributed by atoms with Crippen molar-refractivity contribution in [2.75, 3.05) is 0 Å². The van der Waals surface area contributed by atoms with Crippen molar-refractivity contribution in [3.8, 4) is 0 Å². The summed E-state index contributed by atoms with van der Waals surface area (Å²) in [5.74, 6) is 0. The molecule has 0 unspecified atom stereocenters. The van der Waals surface area contributed by atoms with E-state index in [9.17, 15) is 0 Å². The summed E-state index contributed by atoms with van der Waals surface area (Å²) in [4.78, 5) is 0. The van der Waals surface area contributed by atoms with Gasteiger partial charge in [-0.05, 0) is 34.4 Å². The Labute approximate surface area is 146 Å². The third kappa shape index (κ3) is 4.95. The van der Waals surface area contributed by atoms with Gasteiger partial charge in [0.15, 0.2) is 8.83 Å². The van der Waals surface area contributed by atoms with Gasteiger partial charge in [0.25, 0.3) is 0 Å². The minimum absolute atomic E-state index is 0.778. The zero-order chi connectivity index (χ0) is 16.7. The molecule has 0 saturated heterocycles. The summed E-state index contributed by atoms with van der Waals surface area (Å²) < 4.78 is 0. The lowest BCUT2D eigenvalue weighted by atomic mass is 10.1. The summed E-state index contributed by atoms with van der Waals surface area (Å²) >= 11 is 6.29. The minimum Gasteiger partial charge on any atom is -0.170 e. The number of rotatable bonds is 6. The molecule has 0 atom stereocenters.